The second-order valence-electron chi connectivity index (χ2n) is 6.24. The minimum atomic E-state index is -0.493. The number of rotatable bonds is 2. The molecule has 0 amide bonds. The maximum absolute atomic E-state index is 12.3. The molecule has 126 valence electrons. The van der Waals surface area contributed by atoms with Crippen LogP contribution >= 0.6 is 0 Å². The van der Waals surface area contributed by atoms with E-state index in [-0.39, 0.29) is 5.97 Å². The van der Waals surface area contributed by atoms with E-state index in [1.807, 2.05) is 6.92 Å². The molecule has 1 fully saturated rings. The maximum Gasteiger partial charge on any atom is 0.312 e. The Kier molecular flexibility index (Phi) is 4.38. The molecule has 1 aliphatic carbocycles. The number of aromatic nitrogens is 4. The number of esters is 1. The van der Waals surface area contributed by atoms with E-state index in [1.54, 1.807) is 0 Å². The fraction of sp³-hybridized carbons (Fsp3) is 0.529. The predicted octanol–water partition coefficient (Wildman–Crippen LogP) is 1.88. The van der Waals surface area contributed by atoms with Gasteiger partial charge in [-0.2, -0.15) is 14.6 Å². The van der Waals surface area contributed by atoms with Gasteiger partial charge in [-0.05, 0) is 19.8 Å². The summed E-state index contributed by atoms with van der Waals surface area (Å²) in [7, 11) is 1.44. The van der Waals surface area contributed by atoms with E-state index in [4.69, 9.17) is 10.5 Å². The zero-order valence-electron chi connectivity index (χ0n) is 14.0. The number of ether oxygens (including phenoxy) is 1. The largest absolute Gasteiger partial charge is 0.469 e. The normalized spacial score (nSPS) is 16.4. The van der Waals surface area contributed by atoms with E-state index >= 15 is 0 Å². The molecule has 0 atom stereocenters. The highest BCUT2D eigenvalue weighted by molar-refractivity contribution is 5.77. The summed E-state index contributed by atoms with van der Waals surface area (Å²) in [5, 5.41) is 4.05. The van der Waals surface area contributed by atoms with Gasteiger partial charge in [0.2, 0.25) is 0 Å². The monoisotopic (exact) mass is 327 g/mol. The van der Waals surface area contributed by atoms with Gasteiger partial charge in [0.25, 0.3) is 5.78 Å². The van der Waals surface area contributed by atoms with E-state index in [0.29, 0.717) is 29.3 Å². The Morgan fingerprint density at radius 1 is 1.42 bits per heavy atom. The van der Waals surface area contributed by atoms with Gasteiger partial charge in [-0.1, -0.05) is 31.1 Å². The number of hydrogen-bond acceptors (Lipinski definition) is 6. The number of nitrogens with two attached hydrogens (primary N) is 1. The number of methoxy groups -OCH3 is 1. The average molecular weight is 327 g/mol. The summed E-state index contributed by atoms with van der Waals surface area (Å²) in [5.41, 5.74) is 6.97. The van der Waals surface area contributed by atoms with Gasteiger partial charge in [0.1, 0.15) is 12.1 Å². The lowest BCUT2D eigenvalue weighted by Gasteiger charge is -2.32. The summed E-state index contributed by atoms with van der Waals surface area (Å²) in [6.45, 7) is 1.84. The van der Waals surface area contributed by atoms with Crippen LogP contribution in [0.3, 0.4) is 0 Å². The molecule has 2 aromatic heterocycles. The highest BCUT2D eigenvalue weighted by Crippen LogP contribution is 2.40. The van der Waals surface area contributed by atoms with Gasteiger partial charge in [-0.25, -0.2) is 4.98 Å². The van der Waals surface area contributed by atoms with Crippen molar-refractivity contribution in [3.8, 4) is 11.8 Å². The molecule has 0 bridgehead atoms. The lowest BCUT2D eigenvalue weighted by molar-refractivity contribution is -0.154. The van der Waals surface area contributed by atoms with Crippen LogP contribution in [-0.4, -0.2) is 32.7 Å². The molecule has 2 aromatic rings. The quantitative estimate of drug-likeness (QED) is 0.668. The third-order valence-electron chi connectivity index (χ3n) is 4.71. The molecular weight excluding hydrogens is 306 g/mol. The predicted molar refractivity (Wildman–Crippen MR) is 89.0 cm³/mol. The van der Waals surface area contributed by atoms with Crippen molar-refractivity contribution in [3.05, 3.63) is 17.6 Å². The van der Waals surface area contributed by atoms with Crippen LogP contribution in [0.5, 0.6) is 0 Å². The van der Waals surface area contributed by atoms with E-state index in [9.17, 15) is 4.79 Å². The number of hydrogen-bond donors (Lipinski definition) is 1. The van der Waals surface area contributed by atoms with Gasteiger partial charge < -0.3 is 10.5 Å². The first-order valence-corrected chi connectivity index (χ1v) is 8.10. The number of aryl methyl sites for hydroxylation is 1. The molecule has 2 heterocycles. The molecule has 7 nitrogen and oxygen atoms in total. The molecular formula is C17H21N5O2. The smallest absolute Gasteiger partial charge is 0.312 e. The molecule has 0 aromatic carbocycles. The number of fused-ring (bicyclic) bond motifs is 1. The lowest BCUT2D eigenvalue weighted by atomic mass is 9.72. The molecule has 2 N–H and O–H groups in total. The summed E-state index contributed by atoms with van der Waals surface area (Å²) >= 11 is 0. The van der Waals surface area contributed by atoms with Crippen LogP contribution in [0.2, 0.25) is 0 Å². The summed E-state index contributed by atoms with van der Waals surface area (Å²) in [6.07, 6.45) is 6.74. The van der Waals surface area contributed by atoms with Crippen LogP contribution in [0, 0.1) is 24.2 Å². The molecule has 0 aliphatic heterocycles. The standard InChI is InChI=1S/C17H21N5O2/c1-12-13(14(18)22-16(21-12)19-11-20-22)7-6-10-17(15(23)24-2)8-4-3-5-9-17/h11H,3-5,8-10,18H2,1-2H3. The zero-order valence-corrected chi connectivity index (χ0v) is 14.0. The van der Waals surface area contributed by atoms with Crippen LogP contribution in [-0.2, 0) is 9.53 Å². The van der Waals surface area contributed by atoms with E-state index in [2.05, 4.69) is 26.9 Å². The molecule has 24 heavy (non-hydrogen) atoms. The fourth-order valence-corrected chi connectivity index (χ4v) is 3.33. The number of nitrogens with zero attached hydrogens (tertiary/aromatic N) is 4. The third-order valence-corrected chi connectivity index (χ3v) is 4.71. The molecule has 0 spiro atoms. The zero-order chi connectivity index (χ0) is 17.2. The van der Waals surface area contributed by atoms with Gasteiger partial charge in [0.15, 0.2) is 0 Å². The summed E-state index contributed by atoms with van der Waals surface area (Å²) in [5.74, 6) is 6.92. The van der Waals surface area contributed by atoms with Crippen molar-refractivity contribution in [1.82, 2.24) is 19.6 Å². The topological polar surface area (TPSA) is 95.4 Å². The van der Waals surface area contributed by atoms with E-state index in [1.165, 1.54) is 18.0 Å². The van der Waals surface area contributed by atoms with E-state index in [0.717, 1.165) is 32.1 Å². The Balaban J connectivity index is 1.90. The third kappa shape index (κ3) is 2.80. The molecule has 3 rings (SSSR count). The fourth-order valence-electron chi connectivity index (χ4n) is 3.33. The Morgan fingerprint density at radius 3 is 2.88 bits per heavy atom. The van der Waals surface area contributed by atoms with Gasteiger partial charge in [0.05, 0.1) is 23.8 Å². The highest BCUT2D eigenvalue weighted by Gasteiger charge is 2.39. The van der Waals surface area contributed by atoms with Crippen molar-refractivity contribution in [3.63, 3.8) is 0 Å². The van der Waals surface area contributed by atoms with Crippen LogP contribution in [0.4, 0.5) is 5.82 Å². The van der Waals surface area contributed by atoms with Crippen molar-refractivity contribution >= 4 is 17.6 Å². The summed E-state index contributed by atoms with van der Waals surface area (Å²) < 4.78 is 6.49. The van der Waals surface area contributed by atoms with Crippen molar-refractivity contribution < 1.29 is 9.53 Å². The Morgan fingerprint density at radius 2 is 2.17 bits per heavy atom. The van der Waals surface area contributed by atoms with Crippen LogP contribution < -0.4 is 5.73 Å². The van der Waals surface area contributed by atoms with Crippen LogP contribution in [0.25, 0.3) is 5.78 Å². The van der Waals surface area contributed by atoms with Crippen molar-refractivity contribution in [2.45, 2.75) is 45.4 Å². The molecule has 7 heteroatoms. The van der Waals surface area contributed by atoms with Gasteiger partial charge in [-0.3, -0.25) is 4.79 Å². The Labute approximate surface area is 140 Å². The maximum atomic E-state index is 12.3. The molecule has 0 radical (unpaired) electrons. The average Bonchev–Trinajstić information content (AvgIpc) is 3.06. The molecule has 1 aliphatic rings. The minimum absolute atomic E-state index is 0.161. The first kappa shape index (κ1) is 16.2. The Bertz CT molecular complexity index is 825. The first-order chi connectivity index (χ1) is 11.6. The van der Waals surface area contributed by atoms with Crippen LogP contribution in [0.1, 0.15) is 49.8 Å². The second kappa shape index (κ2) is 6.48. The minimum Gasteiger partial charge on any atom is -0.469 e. The van der Waals surface area contributed by atoms with Crippen molar-refractivity contribution in [2.24, 2.45) is 5.41 Å². The summed E-state index contributed by atoms with van der Waals surface area (Å²) in [6, 6.07) is 0. The molecule has 1 saturated carbocycles. The number of nitrogen functional groups attached to an aromatic ring is 1. The van der Waals surface area contributed by atoms with Crippen LogP contribution in [0.15, 0.2) is 6.33 Å². The van der Waals surface area contributed by atoms with Crippen molar-refractivity contribution in [1.29, 1.82) is 0 Å². The Hall–Kier alpha value is -2.62. The number of carbonyl (C=O) groups excluding carboxylic acids is 1. The van der Waals surface area contributed by atoms with E-state index < -0.39 is 5.41 Å². The van der Waals surface area contributed by atoms with Gasteiger partial charge in [-0.15, -0.1) is 0 Å². The second-order valence-corrected chi connectivity index (χ2v) is 6.24. The molecule has 0 unspecified atom stereocenters. The number of carbonyl (C=O) groups is 1. The summed E-state index contributed by atoms with van der Waals surface area (Å²) in [4.78, 5) is 20.6. The SMILES string of the molecule is COC(=O)C1(CC#Cc2c(C)nc3ncnn3c2N)CCCCC1. The van der Waals surface area contributed by atoms with Crippen molar-refractivity contribution in [2.75, 3.05) is 12.8 Å². The molecule has 0 saturated heterocycles. The van der Waals surface area contributed by atoms with Gasteiger partial charge >= 0.3 is 5.97 Å². The highest BCUT2D eigenvalue weighted by atomic mass is 16.5. The lowest BCUT2D eigenvalue weighted by Crippen LogP contribution is -2.34. The van der Waals surface area contributed by atoms with Gasteiger partial charge in [0, 0.05) is 6.42 Å². The first-order valence-electron chi connectivity index (χ1n) is 8.10. The number of anilines is 1.